The van der Waals surface area contributed by atoms with Gasteiger partial charge in [-0.25, -0.2) is 4.39 Å². The number of aromatic nitrogens is 2. The minimum absolute atomic E-state index is 0.198. The maximum atomic E-state index is 13.0. The average molecular weight is 332 g/mol. The van der Waals surface area contributed by atoms with Crippen LogP contribution < -0.4 is 4.90 Å². The third kappa shape index (κ3) is 3.87. The fourth-order valence-electron chi connectivity index (χ4n) is 3.01. The summed E-state index contributed by atoms with van der Waals surface area (Å²) in [4.78, 5) is 4.92. The van der Waals surface area contributed by atoms with Crippen LogP contribution in [0.3, 0.4) is 0 Å². The van der Waals surface area contributed by atoms with Crippen LogP contribution in [-0.4, -0.2) is 47.8 Å². The number of benzene rings is 1. The maximum absolute atomic E-state index is 13.0. The van der Waals surface area contributed by atoms with Crippen molar-refractivity contribution >= 4 is 16.5 Å². The second-order valence-electron chi connectivity index (χ2n) is 6.51. The molecule has 0 atom stereocenters. The Morgan fingerprint density at radius 2 is 1.78 bits per heavy atom. The Balaban J connectivity index is 1.33. The van der Waals surface area contributed by atoms with Crippen LogP contribution in [0.4, 0.5) is 9.52 Å². The molecule has 0 amide bonds. The van der Waals surface area contributed by atoms with E-state index in [-0.39, 0.29) is 5.82 Å². The van der Waals surface area contributed by atoms with E-state index in [9.17, 15) is 4.39 Å². The van der Waals surface area contributed by atoms with Crippen molar-refractivity contribution in [3.05, 3.63) is 40.7 Å². The second-order valence-corrected chi connectivity index (χ2v) is 7.55. The van der Waals surface area contributed by atoms with Gasteiger partial charge in [0.2, 0.25) is 5.13 Å². The van der Waals surface area contributed by atoms with Crippen LogP contribution in [0, 0.1) is 11.7 Å². The third-order valence-corrected chi connectivity index (χ3v) is 5.56. The highest BCUT2D eigenvalue weighted by Gasteiger charge is 2.27. The molecule has 4 nitrogen and oxygen atoms in total. The van der Waals surface area contributed by atoms with E-state index in [1.807, 2.05) is 12.1 Å². The van der Waals surface area contributed by atoms with Crippen molar-refractivity contribution in [2.24, 2.45) is 5.92 Å². The summed E-state index contributed by atoms with van der Waals surface area (Å²) in [6.45, 7) is 5.61. The first-order valence-electron chi connectivity index (χ1n) is 8.30. The van der Waals surface area contributed by atoms with Crippen LogP contribution >= 0.6 is 11.3 Å². The first-order chi connectivity index (χ1) is 11.3. The van der Waals surface area contributed by atoms with Crippen molar-refractivity contribution in [3.63, 3.8) is 0 Å². The van der Waals surface area contributed by atoms with Crippen LogP contribution in [0.1, 0.15) is 23.4 Å². The Hall–Kier alpha value is -1.53. The summed E-state index contributed by atoms with van der Waals surface area (Å²) in [5, 5.41) is 10.7. The molecule has 0 N–H and O–H groups in total. The van der Waals surface area contributed by atoms with Crippen LogP contribution in [0.15, 0.2) is 24.3 Å². The van der Waals surface area contributed by atoms with Gasteiger partial charge in [0.05, 0.1) is 0 Å². The molecule has 23 heavy (non-hydrogen) atoms. The topological polar surface area (TPSA) is 32.3 Å². The molecule has 6 heteroatoms. The molecule has 1 aliphatic carbocycles. The third-order valence-electron chi connectivity index (χ3n) is 4.58. The molecular formula is C17H21FN4S. The zero-order valence-corrected chi connectivity index (χ0v) is 13.9. The van der Waals surface area contributed by atoms with Crippen LogP contribution in [0.2, 0.25) is 0 Å². The number of halogens is 1. The number of piperazine rings is 1. The van der Waals surface area contributed by atoms with Gasteiger partial charge in [-0.3, -0.25) is 4.90 Å². The van der Waals surface area contributed by atoms with Crippen LogP contribution in [0.5, 0.6) is 0 Å². The Labute approximate surface area is 139 Å². The molecular weight excluding hydrogens is 311 g/mol. The molecule has 2 aliphatic rings. The van der Waals surface area contributed by atoms with Gasteiger partial charge in [0.25, 0.3) is 0 Å². The molecule has 0 radical (unpaired) electrons. The van der Waals surface area contributed by atoms with Crippen molar-refractivity contribution in [1.29, 1.82) is 0 Å². The van der Waals surface area contributed by atoms with Crippen LogP contribution in [0.25, 0.3) is 0 Å². The summed E-state index contributed by atoms with van der Waals surface area (Å²) in [6, 6.07) is 6.62. The molecule has 2 aromatic rings. The van der Waals surface area contributed by atoms with Crippen molar-refractivity contribution in [2.45, 2.75) is 19.3 Å². The van der Waals surface area contributed by atoms with E-state index in [0.29, 0.717) is 0 Å². The largest absolute Gasteiger partial charge is 0.344 e. The van der Waals surface area contributed by atoms with Gasteiger partial charge in [0, 0.05) is 39.1 Å². The fourth-order valence-corrected chi connectivity index (χ4v) is 3.93. The Bertz CT molecular complexity index is 645. The lowest BCUT2D eigenvalue weighted by molar-refractivity contribution is 0.248. The lowest BCUT2D eigenvalue weighted by Gasteiger charge is -2.34. The Kier molecular flexibility index (Phi) is 4.27. The van der Waals surface area contributed by atoms with E-state index < -0.39 is 0 Å². The lowest BCUT2D eigenvalue weighted by atomic mass is 10.2. The van der Waals surface area contributed by atoms with Gasteiger partial charge in [0.15, 0.2) is 0 Å². The maximum Gasteiger partial charge on any atom is 0.208 e. The van der Waals surface area contributed by atoms with E-state index in [1.54, 1.807) is 11.3 Å². The normalized spacial score (nSPS) is 19.3. The Morgan fingerprint density at radius 1 is 1.04 bits per heavy atom. The molecule has 122 valence electrons. The van der Waals surface area contributed by atoms with Crippen molar-refractivity contribution in [2.75, 3.05) is 37.6 Å². The Morgan fingerprint density at radius 3 is 2.48 bits per heavy atom. The summed E-state index contributed by atoms with van der Waals surface area (Å²) >= 11 is 1.66. The molecule has 0 bridgehead atoms. The quantitative estimate of drug-likeness (QED) is 0.843. The van der Waals surface area contributed by atoms with Gasteiger partial charge in [-0.2, -0.15) is 0 Å². The monoisotopic (exact) mass is 332 g/mol. The summed E-state index contributed by atoms with van der Waals surface area (Å²) in [6.07, 6.45) is 3.56. The van der Waals surface area contributed by atoms with Gasteiger partial charge in [-0.05, 0) is 36.5 Å². The minimum Gasteiger partial charge on any atom is -0.344 e. The minimum atomic E-state index is -0.198. The van der Waals surface area contributed by atoms with Crippen LogP contribution in [-0.2, 0) is 6.42 Å². The van der Waals surface area contributed by atoms with E-state index >= 15 is 0 Å². The highest BCUT2D eigenvalue weighted by atomic mass is 32.1. The fraction of sp³-hybridized carbons (Fsp3) is 0.529. The first-order valence-corrected chi connectivity index (χ1v) is 9.12. The zero-order chi connectivity index (χ0) is 15.6. The van der Waals surface area contributed by atoms with Gasteiger partial charge in [0.1, 0.15) is 10.8 Å². The first kappa shape index (κ1) is 15.0. The molecule has 1 aromatic carbocycles. The van der Waals surface area contributed by atoms with Crippen molar-refractivity contribution < 1.29 is 4.39 Å². The van der Waals surface area contributed by atoms with Gasteiger partial charge in [-0.1, -0.05) is 23.5 Å². The zero-order valence-electron chi connectivity index (χ0n) is 13.1. The highest BCUT2D eigenvalue weighted by Crippen LogP contribution is 2.30. The van der Waals surface area contributed by atoms with E-state index in [2.05, 4.69) is 20.0 Å². The smallest absolute Gasteiger partial charge is 0.208 e. The number of nitrogens with zero attached hydrogens (tertiary/aromatic N) is 4. The van der Waals surface area contributed by atoms with E-state index in [4.69, 9.17) is 0 Å². The highest BCUT2D eigenvalue weighted by molar-refractivity contribution is 7.15. The summed E-state index contributed by atoms with van der Waals surface area (Å²) in [5.41, 5.74) is 1.07. The number of hydrogen-bond acceptors (Lipinski definition) is 5. The second kappa shape index (κ2) is 6.53. The molecule has 0 unspecified atom stereocenters. The number of anilines is 1. The molecule has 1 aromatic heterocycles. The molecule has 2 heterocycles. The molecule has 4 rings (SSSR count). The van der Waals surface area contributed by atoms with E-state index in [1.165, 1.54) is 31.5 Å². The average Bonchev–Trinajstić information content (AvgIpc) is 3.26. The molecule has 2 fully saturated rings. The predicted octanol–water partition coefficient (Wildman–Crippen LogP) is 2.80. The van der Waals surface area contributed by atoms with Gasteiger partial charge < -0.3 is 4.90 Å². The molecule has 1 saturated heterocycles. The number of rotatable bonds is 5. The van der Waals surface area contributed by atoms with Crippen molar-refractivity contribution in [1.82, 2.24) is 15.1 Å². The number of hydrogen-bond donors (Lipinski definition) is 0. The van der Waals surface area contributed by atoms with Gasteiger partial charge >= 0.3 is 0 Å². The molecule has 1 aliphatic heterocycles. The summed E-state index contributed by atoms with van der Waals surface area (Å²) in [5.74, 6) is 0.765. The predicted molar refractivity (Wildman–Crippen MR) is 90.5 cm³/mol. The standard InChI is InChI=1S/C17H21FN4S/c18-15-5-3-13(4-6-15)11-16-19-20-17(23-16)22-9-7-21(8-10-22)12-14-1-2-14/h3-6,14H,1-2,7-12H2. The molecule has 0 spiro atoms. The molecule has 1 saturated carbocycles. The SMILES string of the molecule is Fc1ccc(Cc2nnc(N3CCN(CC4CC4)CC3)s2)cc1. The van der Waals surface area contributed by atoms with E-state index in [0.717, 1.165) is 54.2 Å². The van der Waals surface area contributed by atoms with Gasteiger partial charge in [-0.15, -0.1) is 10.2 Å². The van der Waals surface area contributed by atoms with Crippen molar-refractivity contribution in [3.8, 4) is 0 Å². The summed E-state index contributed by atoms with van der Waals surface area (Å²) < 4.78 is 13.0. The summed E-state index contributed by atoms with van der Waals surface area (Å²) in [7, 11) is 0. The lowest BCUT2D eigenvalue weighted by Crippen LogP contribution is -2.47.